The average molecular weight is 430 g/mol. The van der Waals surface area contributed by atoms with E-state index in [1.165, 1.54) is 6.21 Å². The number of halogens is 3. The van der Waals surface area contributed by atoms with E-state index in [1.54, 1.807) is 30.3 Å². The number of benzene rings is 2. The van der Waals surface area contributed by atoms with Gasteiger partial charge in [0, 0.05) is 10.0 Å². The smallest absolute Gasteiger partial charge is 0.277 e. The molecular formula is C17H15BrCl2N2O2. The van der Waals surface area contributed by atoms with E-state index in [0.29, 0.717) is 15.8 Å². The summed E-state index contributed by atoms with van der Waals surface area (Å²) in [5.41, 5.74) is 4.98. The van der Waals surface area contributed by atoms with Crippen LogP contribution < -0.4 is 10.2 Å². The monoisotopic (exact) mass is 428 g/mol. The molecule has 0 saturated carbocycles. The maximum Gasteiger partial charge on any atom is 0.277 e. The van der Waals surface area contributed by atoms with Crippen molar-refractivity contribution in [2.75, 3.05) is 6.61 Å². The quantitative estimate of drug-likeness (QED) is 0.542. The van der Waals surface area contributed by atoms with Crippen molar-refractivity contribution < 1.29 is 9.53 Å². The van der Waals surface area contributed by atoms with E-state index in [-0.39, 0.29) is 12.5 Å². The number of nitrogens with one attached hydrogen (secondary N) is 1. The highest BCUT2D eigenvalue weighted by atomic mass is 79.9. The molecule has 2 aromatic rings. The van der Waals surface area contributed by atoms with Crippen molar-refractivity contribution in [3.05, 3.63) is 61.5 Å². The third kappa shape index (κ3) is 4.97. The molecule has 0 spiro atoms. The number of aryl methyl sites for hydroxylation is 1. The van der Waals surface area contributed by atoms with Crippen LogP contribution in [0, 0.1) is 13.8 Å². The van der Waals surface area contributed by atoms with Crippen molar-refractivity contribution in [2.24, 2.45) is 5.10 Å². The van der Waals surface area contributed by atoms with Gasteiger partial charge < -0.3 is 4.74 Å². The second-order valence-electron chi connectivity index (χ2n) is 5.08. The zero-order chi connectivity index (χ0) is 17.7. The Morgan fingerprint density at radius 3 is 2.62 bits per heavy atom. The number of hydrogen-bond acceptors (Lipinski definition) is 3. The van der Waals surface area contributed by atoms with Gasteiger partial charge in [-0.05, 0) is 64.7 Å². The molecule has 0 aliphatic carbocycles. The average Bonchev–Trinajstić information content (AvgIpc) is 2.57. The highest BCUT2D eigenvalue weighted by Gasteiger charge is 2.12. The summed E-state index contributed by atoms with van der Waals surface area (Å²) in [5.74, 6) is 0.198. The maximum absolute atomic E-state index is 11.8. The van der Waals surface area contributed by atoms with E-state index < -0.39 is 0 Å². The Bertz CT molecular complexity index is 777. The van der Waals surface area contributed by atoms with Crippen LogP contribution in [0.25, 0.3) is 0 Å². The molecule has 2 rings (SSSR count). The highest BCUT2D eigenvalue weighted by molar-refractivity contribution is 9.10. The fraction of sp³-hybridized carbons (Fsp3) is 0.176. The van der Waals surface area contributed by atoms with E-state index in [4.69, 9.17) is 27.9 Å². The first-order valence-corrected chi connectivity index (χ1v) is 8.59. The molecule has 0 atom stereocenters. The standard InChI is InChI=1S/C17H15BrCl2N2O2/c1-10-7-14(16(18)11(2)17(10)20)24-9-15(23)22-21-8-12-3-5-13(19)6-4-12/h3-8H,9H2,1-2H3,(H,22,23)/b21-8+. The van der Waals surface area contributed by atoms with Crippen molar-refractivity contribution in [3.63, 3.8) is 0 Å². The number of hydrazone groups is 1. The summed E-state index contributed by atoms with van der Waals surface area (Å²) in [4.78, 5) is 11.8. The summed E-state index contributed by atoms with van der Waals surface area (Å²) in [5, 5.41) is 5.19. The van der Waals surface area contributed by atoms with E-state index in [1.807, 2.05) is 13.8 Å². The number of rotatable bonds is 5. The van der Waals surface area contributed by atoms with Crippen molar-refractivity contribution >= 4 is 51.3 Å². The van der Waals surface area contributed by atoms with Crippen LogP contribution in [0.5, 0.6) is 5.75 Å². The van der Waals surface area contributed by atoms with Crippen LogP contribution in [0.4, 0.5) is 0 Å². The van der Waals surface area contributed by atoms with Crippen LogP contribution in [-0.4, -0.2) is 18.7 Å². The Morgan fingerprint density at radius 2 is 1.96 bits per heavy atom. The molecule has 0 aliphatic heterocycles. The molecule has 126 valence electrons. The molecule has 0 unspecified atom stereocenters. The van der Waals surface area contributed by atoms with Gasteiger partial charge in [-0.3, -0.25) is 4.79 Å². The lowest BCUT2D eigenvalue weighted by Gasteiger charge is -2.12. The molecule has 0 fully saturated rings. The molecule has 1 N–H and O–H groups in total. The van der Waals surface area contributed by atoms with Gasteiger partial charge in [0.1, 0.15) is 5.75 Å². The number of carbonyl (C=O) groups is 1. The van der Waals surface area contributed by atoms with Gasteiger partial charge in [0.25, 0.3) is 5.91 Å². The highest BCUT2D eigenvalue weighted by Crippen LogP contribution is 2.35. The molecule has 4 nitrogen and oxygen atoms in total. The Hall–Kier alpha value is -1.56. The van der Waals surface area contributed by atoms with Gasteiger partial charge in [-0.25, -0.2) is 5.43 Å². The lowest BCUT2D eigenvalue weighted by Crippen LogP contribution is -2.24. The number of ether oxygens (including phenoxy) is 1. The van der Waals surface area contributed by atoms with Gasteiger partial charge in [0.2, 0.25) is 0 Å². The topological polar surface area (TPSA) is 50.7 Å². The van der Waals surface area contributed by atoms with Gasteiger partial charge in [-0.15, -0.1) is 0 Å². The second kappa shape index (κ2) is 8.51. The first-order chi connectivity index (χ1) is 11.4. The van der Waals surface area contributed by atoms with Crippen molar-refractivity contribution in [2.45, 2.75) is 13.8 Å². The van der Waals surface area contributed by atoms with Crippen molar-refractivity contribution in [1.29, 1.82) is 0 Å². The number of hydrogen-bond donors (Lipinski definition) is 1. The lowest BCUT2D eigenvalue weighted by molar-refractivity contribution is -0.123. The predicted octanol–water partition coefficient (Wildman–Crippen LogP) is 4.90. The van der Waals surface area contributed by atoms with Gasteiger partial charge in [0.15, 0.2) is 6.61 Å². The molecule has 0 heterocycles. The predicted molar refractivity (Wildman–Crippen MR) is 101 cm³/mol. The van der Waals surface area contributed by atoms with E-state index in [2.05, 4.69) is 26.5 Å². The summed E-state index contributed by atoms with van der Waals surface area (Å²) >= 11 is 15.4. The number of carbonyl (C=O) groups excluding carboxylic acids is 1. The Kier molecular flexibility index (Phi) is 6.66. The van der Waals surface area contributed by atoms with Gasteiger partial charge in [-0.1, -0.05) is 35.3 Å². The molecule has 0 aromatic heterocycles. The summed E-state index contributed by atoms with van der Waals surface area (Å²) < 4.78 is 6.26. The molecule has 0 saturated heterocycles. The van der Waals surface area contributed by atoms with E-state index in [9.17, 15) is 4.79 Å². The SMILES string of the molecule is Cc1cc(OCC(=O)N/N=C/c2ccc(Cl)cc2)c(Br)c(C)c1Cl. The molecule has 7 heteroatoms. The van der Waals surface area contributed by atoms with Crippen LogP contribution in [0.15, 0.2) is 39.9 Å². The van der Waals surface area contributed by atoms with Crippen molar-refractivity contribution in [1.82, 2.24) is 5.43 Å². The zero-order valence-corrected chi connectivity index (χ0v) is 16.2. The fourth-order valence-electron chi connectivity index (χ4n) is 1.91. The number of nitrogens with zero attached hydrogens (tertiary/aromatic N) is 1. The third-order valence-corrected chi connectivity index (χ3v) is 5.02. The van der Waals surface area contributed by atoms with Gasteiger partial charge in [0.05, 0.1) is 10.7 Å². The number of amides is 1. The Labute approximate surface area is 158 Å². The molecule has 24 heavy (non-hydrogen) atoms. The first-order valence-electron chi connectivity index (χ1n) is 7.04. The fourth-order valence-corrected chi connectivity index (χ4v) is 2.72. The summed E-state index contributed by atoms with van der Waals surface area (Å²) in [6, 6.07) is 8.87. The van der Waals surface area contributed by atoms with Crippen LogP contribution in [0.3, 0.4) is 0 Å². The summed E-state index contributed by atoms with van der Waals surface area (Å²) in [6.07, 6.45) is 1.53. The summed E-state index contributed by atoms with van der Waals surface area (Å²) in [7, 11) is 0. The summed E-state index contributed by atoms with van der Waals surface area (Å²) in [6.45, 7) is 3.60. The van der Waals surface area contributed by atoms with E-state index >= 15 is 0 Å². The minimum atomic E-state index is -0.364. The van der Waals surface area contributed by atoms with Crippen LogP contribution in [0.1, 0.15) is 16.7 Å². The second-order valence-corrected chi connectivity index (χ2v) is 6.69. The molecule has 0 radical (unpaired) electrons. The Balaban J connectivity index is 1.91. The zero-order valence-electron chi connectivity index (χ0n) is 13.1. The normalized spacial score (nSPS) is 10.9. The molecular weight excluding hydrogens is 415 g/mol. The minimum absolute atomic E-state index is 0.156. The van der Waals surface area contributed by atoms with Crippen LogP contribution in [-0.2, 0) is 4.79 Å². The van der Waals surface area contributed by atoms with Gasteiger partial charge >= 0.3 is 0 Å². The van der Waals surface area contributed by atoms with Crippen LogP contribution in [0.2, 0.25) is 10.0 Å². The van der Waals surface area contributed by atoms with E-state index in [0.717, 1.165) is 21.2 Å². The lowest BCUT2D eigenvalue weighted by atomic mass is 10.1. The van der Waals surface area contributed by atoms with Crippen molar-refractivity contribution in [3.8, 4) is 5.75 Å². The molecule has 0 bridgehead atoms. The minimum Gasteiger partial charge on any atom is -0.483 e. The first kappa shape index (κ1) is 18.8. The Morgan fingerprint density at radius 1 is 1.29 bits per heavy atom. The maximum atomic E-state index is 11.8. The largest absolute Gasteiger partial charge is 0.483 e. The molecule has 2 aromatic carbocycles. The van der Waals surface area contributed by atoms with Gasteiger partial charge in [-0.2, -0.15) is 5.10 Å². The molecule has 0 aliphatic rings. The van der Waals surface area contributed by atoms with Crippen LogP contribution >= 0.6 is 39.1 Å². The third-order valence-electron chi connectivity index (χ3n) is 3.20. The molecule has 1 amide bonds.